The van der Waals surface area contributed by atoms with Crippen molar-refractivity contribution >= 4 is 5.84 Å². The van der Waals surface area contributed by atoms with Crippen LogP contribution in [-0.4, -0.2) is 11.0 Å². The highest BCUT2D eigenvalue weighted by Gasteiger charge is 1.96. The number of hydrogen-bond acceptors (Lipinski definition) is 2. The number of hydrogen-bond donors (Lipinski definition) is 2. The summed E-state index contributed by atoms with van der Waals surface area (Å²) >= 11 is 0. The van der Waals surface area contributed by atoms with E-state index in [0.29, 0.717) is 12.8 Å². The summed E-state index contributed by atoms with van der Waals surface area (Å²) in [6.07, 6.45) is 1.12. The first-order chi connectivity index (χ1) is 6.22. The summed E-state index contributed by atoms with van der Waals surface area (Å²) in [6, 6.07) is 6.14. The topological polar surface area (TPSA) is 58.6 Å². The van der Waals surface area contributed by atoms with Crippen LogP contribution in [0.1, 0.15) is 12.0 Å². The molecule has 0 heterocycles. The third-order valence-corrected chi connectivity index (χ3v) is 1.71. The third-order valence-electron chi connectivity index (χ3n) is 1.71. The molecule has 4 heteroatoms. The Morgan fingerprint density at radius 2 is 2.00 bits per heavy atom. The van der Waals surface area contributed by atoms with Gasteiger partial charge >= 0.3 is 0 Å². The first kappa shape index (κ1) is 9.51. The molecule has 3 nitrogen and oxygen atoms in total. The minimum absolute atomic E-state index is 0.185. The van der Waals surface area contributed by atoms with Gasteiger partial charge in [0.1, 0.15) is 11.7 Å². The maximum absolute atomic E-state index is 12.5. The number of oxime groups is 1. The van der Waals surface area contributed by atoms with Gasteiger partial charge in [-0.05, 0) is 24.1 Å². The monoisotopic (exact) mass is 182 g/mol. The van der Waals surface area contributed by atoms with Gasteiger partial charge in [-0.15, -0.1) is 0 Å². The van der Waals surface area contributed by atoms with Crippen molar-refractivity contribution < 1.29 is 9.60 Å². The Balaban J connectivity index is 2.51. The van der Waals surface area contributed by atoms with Gasteiger partial charge in [0, 0.05) is 6.42 Å². The smallest absolute Gasteiger partial charge is 0.139 e. The van der Waals surface area contributed by atoms with Crippen molar-refractivity contribution in [2.24, 2.45) is 10.9 Å². The van der Waals surface area contributed by atoms with E-state index in [1.54, 1.807) is 12.1 Å². The second-order valence-corrected chi connectivity index (χ2v) is 2.72. The van der Waals surface area contributed by atoms with Crippen LogP contribution in [0.4, 0.5) is 4.39 Å². The third kappa shape index (κ3) is 3.11. The highest BCUT2D eigenvalue weighted by atomic mass is 19.1. The molecule has 70 valence electrons. The lowest BCUT2D eigenvalue weighted by Gasteiger charge is -1.99. The minimum Gasteiger partial charge on any atom is -0.409 e. The molecule has 1 aromatic rings. The van der Waals surface area contributed by atoms with E-state index >= 15 is 0 Å². The summed E-state index contributed by atoms with van der Waals surface area (Å²) in [5.41, 5.74) is 6.24. The maximum Gasteiger partial charge on any atom is 0.139 e. The SMILES string of the molecule is N/C(CCc1ccc(F)cc1)=N\O. The van der Waals surface area contributed by atoms with Gasteiger partial charge in [0.25, 0.3) is 0 Å². The Bertz CT molecular complexity index is 295. The predicted octanol–water partition coefficient (Wildman–Crippen LogP) is 1.50. The van der Waals surface area contributed by atoms with Crippen molar-refractivity contribution in [3.63, 3.8) is 0 Å². The standard InChI is InChI=1S/C9H11FN2O/c10-8-4-1-7(2-5-8)3-6-9(11)12-13/h1-2,4-5,13H,3,6H2,(H2,11,12). The molecule has 0 saturated heterocycles. The first-order valence-corrected chi connectivity index (χ1v) is 3.93. The van der Waals surface area contributed by atoms with Gasteiger partial charge < -0.3 is 10.9 Å². The fourth-order valence-electron chi connectivity index (χ4n) is 0.973. The van der Waals surface area contributed by atoms with E-state index in [4.69, 9.17) is 10.9 Å². The van der Waals surface area contributed by atoms with Crippen molar-refractivity contribution in [1.82, 2.24) is 0 Å². The molecule has 0 aliphatic carbocycles. The van der Waals surface area contributed by atoms with Gasteiger partial charge in [-0.2, -0.15) is 0 Å². The molecule has 0 spiro atoms. The number of nitrogens with zero attached hydrogens (tertiary/aromatic N) is 1. The quantitative estimate of drug-likeness (QED) is 0.322. The van der Waals surface area contributed by atoms with E-state index in [9.17, 15) is 4.39 Å². The molecule has 1 rings (SSSR count). The molecule has 1 aromatic carbocycles. The molecule has 0 radical (unpaired) electrons. The second-order valence-electron chi connectivity index (χ2n) is 2.72. The molecule has 0 aromatic heterocycles. The molecule has 0 bridgehead atoms. The number of amidine groups is 1. The van der Waals surface area contributed by atoms with Crippen LogP contribution in [0.2, 0.25) is 0 Å². The van der Waals surface area contributed by atoms with Crippen LogP contribution in [0, 0.1) is 5.82 Å². The van der Waals surface area contributed by atoms with Crippen molar-refractivity contribution in [2.45, 2.75) is 12.8 Å². The molecular formula is C9H11FN2O. The van der Waals surface area contributed by atoms with E-state index in [0.717, 1.165) is 5.56 Å². The van der Waals surface area contributed by atoms with E-state index in [1.165, 1.54) is 12.1 Å². The minimum atomic E-state index is -0.257. The number of aryl methyl sites for hydroxylation is 1. The van der Waals surface area contributed by atoms with Gasteiger partial charge in [0.15, 0.2) is 0 Å². The fraction of sp³-hybridized carbons (Fsp3) is 0.222. The lowest BCUT2D eigenvalue weighted by molar-refractivity contribution is 0.317. The molecule has 0 amide bonds. The summed E-state index contributed by atoms with van der Waals surface area (Å²) in [7, 11) is 0. The Hall–Kier alpha value is -1.58. The highest BCUT2D eigenvalue weighted by Crippen LogP contribution is 2.05. The largest absolute Gasteiger partial charge is 0.409 e. The predicted molar refractivity (Wildman–Crippen MR) is 48.1 cm³/mol. The summed E-state index contributed by atoms with van der Waals surface area (Å²) in [5, 5.41) is 11.1. The number of benzene rings is 1. The molecule has 13 heavy (non-hydrogen) atoms. The summed E-state index contributed by atoms with van der Waals surface area (Å²) < 4.78 is 12.5. The molecule has 0 aliphatic rings. The molecule has 0 aliphatic heterocycles. The zero-order valence-corrected chi connectivity index (χ0v) is 7.07. The molecule has 0 fully saturated rings. The van der Waals surface area contributed by atoms with Crippen molar-refractivity contribution in [1.29, 1.82) is 0 Å². The van der Waals surface area contributed by atoms with Crippen molar-refractivity contribution in [2.75, 3.05) is 0 Å². The highest BCUT2D eigenvalue weighted by molar-refractivity contribution is 5.79. The van der Waals surface area contributed by atoms with E-state index in [-0.39, 0.29) is 11.7 Å². The van der Waals surface area contributed by atoms with Gasteiger partial charge in [-0.1, -0.05) is 17.3 Å². The zero-order valence-electron chi connectivity index (χ0n) is 7.07. The molecular weight excluding hydrogens is 171 g/mol. The van der Waals surface area contributed by atoms with Crippen molar-refractivity contribution in [3.8, 4) is 0 Å². The fourth-order valence-corrected chi connectivity index (χ4v) is 0.973. The normalized spacial score (nSPS) is 11.6. The number of rotatable bonds is 3. The molecule has 3 N–H and O–H groups in total. The van der Waals surface area contributed by atoms with Crippen LogP contribution in [0.3, 0.4) is 0 Å². The van der Waals surface area contributed by atoms with Gasteiger partial charge in [-0.25, -0.2) is 4.39 Å². The average Bonchev–Trinajstić information content (AvgIpc) is 2.16. The van der Waals surface area contributed by atoms with Crippen LogP contribution in [0.5, 0.6) is 0 Å². The van der Waals surface area contributed by atoms with E-state index in [1.807, 2.05) is 0 Å². The van der Waals surface area contributed by atoms with E-state index in [2.05, 4.69) is 5.16 Å². The average molecular weight is 182 g/mol. The summed E-state index contributed by atoms with van der Waals surface area (Å²) in [5.74, 6) is -0.0723. The Labute approximate surface area is 75.7 Å². The van der Waals surface area contributed by atoms with Gasteiger partial charge in [-0.3, -0.25) is 0 Å². The Morgan fingerprint density at radius 3 is 2.54 bits per heavy atom. The lowest BCUT2D eigenvalue weighted by Crippen LogP contribution is -2.12. The Morgan fingerprint density at radius 1 is 1.38 bits per heavy atom. The number of nitrogens with two attached hydrogens (primary N) is 1. The second kappa shape index (κ2) is 4.45. The lowest BCUT2D eigenvalue weighted by atomic mass is 10.1. The van der Waals surface area contributed by atoms with Gasteiger partial charge in [0.2, 0.25) is 0 Å². The van der Waals surface area contributed by atoms with E-state index < -0.39 is 0 Å². The first-order valence-electron chi connectivity index (χ1n) is 3.93. The summed E-state index contributed by atoms with van der Waals surface area (Å²) in [6.45, 7) is 0. The van der Waals surface area contributed by atoms with Crippen LogP contribution in [-0.2, 0) is 6.42 Å². The van der Waals surface area contributed by atoms with Crippen molar-refractivity contribution in [3.05, 3.63) is 35.6 Å². The van der Waals surface area contributed by atoms with Crippen LogP contribution < -0.4 is 5.73 Å². The molecule has 0 unspecified atom stereocenters. The molecule has 0 atom stereocenters. The summed E-state index contributed by atoms with van der Waals surface area (Å²) in [4.78, 5) is 0. The number of halogens is 1. The molecule has 0 saturated carbocycles. The van der Waals surface area contributed by atoms with Gasteiger partial charge in [0.05, 0.1) is 0 Å². The van der Waals surface area contributed by atoms with Crippen LogP contribution in [0.15, 0.2) is 29.4 Å². The van der Waals surface area contributed by atoms with Crippen LogP contribution >= 0.6 is 0 Å². The maximum atomic E-state index is 12.5. The Kier molecular flexibility index (Phi) is 3.25. The van der Waals surface area contributed by atoms with Crippen LogP contribution in [0.25, 0.3) is 0 Å². The zero-order chi connectivity index (χ0) is 9.68.